The molecule has 4 heteroatoms. The third kappa shape index (κ3) is 3.92. The second-order valence-electron chi connectivity index (χ2n) is 4.52. The van der Waals surface area contributed by atoms with Crippen molar-refractivity contribution >= 4 is 30.1 Å². The van der Waals surface area contributed by atoms with E-state index in [9.17, 15) is 4.79 Å². The summed E-state index contributed by atoms with van der Waals surface area (Å²) in [5, 5.41) is 0.486. The van der Waals surface area contributed by atoms with Crippen molar-refractivity contribution < 1.29 is 4.79 Å². The van der Waals surface area contributed by atoms with Crippen LogP contribution >= 0.6 is 24.2 Å². The molecule has 18 heavy (non-hydrogen) atoms. The predicted octanol–water partition coefficient (Wildman–Crippen LogP) is 4.14. The van der Waals surface area contributed by atoms with Crippen LogP contribution in [-0.4, -0.2) is 23.9 Å². The Hall–Kier alpha value is -0.670. The Morgan fingerprint density at radius 3 is 2.67 bits per heavy atom. The Kier molecular flexibility index (Phi) is 6.03. The fourth-order valence-corrected chi connectivity index (χ4v) is 2.11. The van der Waals surface area contributed by atoms with Gasteiger partial charge in [-0.1, -0.05) is 31.9 Å². The van der Waals surface area contributed by atoms with Crippen LogP contribution in [0.25, 0.3) is 0 Å². The molecule has 0 heterocycles. The molecule has 1 atom stereocenters. The lowest BCUT2D eigenvalue weighted by atomic mass is 10.1. The highest BCUT2D eigenvalue weighted by Crippen LogP contribution is 2.21. The van der Waals surface area contributed by atoms with Gasteiger partial charge in [0.05, 0.1) is 10.6 Å². The zero-order valence-electron chi connectivity index (χ0n) is 11.1. The summed E-state index contributed by atoms with van der Waals surface area (Å²) >= 11 is 10.3. The Morgan fingerprint density at radius 2 is 2.11 bits per heavy atom. The number of rotatable bonds is 5. The van der Waals surface area contributed by atoms with Crippen molar-refractivity contribution in [1.82, 2.24) is 4.90 Å². The van der Waals surface area contributed by atoms with E-state index in [1.807, 2.05) is 11.8 Å². The summed E-state index contributed by atoms with van der Waals surface area (Å²) in [5.74, 6) is 0.477. The molecule has 1 aromatic rings. The van der Waals surface area contributed by atoms with Crippen LogP contribution in [-0.2, 0) is 0 Å². The lowest BCUT2D eigenvalue weighted by molar-refractivity contribution is 0.0741. The van der Waals surface area contributed by atoms with Gasteiger partial charge in [0.2, 0.25) is 0 Å². The number of hydrogen-bond donors (Lipinski definition) is 1. The van der Waals surface area contributed by atoms with Crippen LogP contribution in [0.3, 0.4) is 0 Å². The van der Waals surface area contributed by atoms with Crippen LogP contribution in [0.1, 0.15) is 37.6 Å². The highest BCUT2D eigenvalue weighted by atomic mass is 35.5. The minimum Gasteiger partial charge on any atom is -0.339 e. The maximum atomic E-state index is 12.4. The second-order valence-corrected chi connectivity index (χ2v) is 5.44. The van der Waals surface area contributed by atoms with Gasteiger partial charge in [-0.15, -0.1) is 12.6 Å². The zero-order chi connectivity index (χ0) is 13.7. The van der Waals surface area contributed by atoms with Crippen LogP contribution in [0, 0.1) is 5.92 Å². The molecule has 1 aromatic carbocycles. The average Bonchev–Trinajstić information content (AvgIpc) is 2.37. The molecular formula is C14H20ClNOS. The van der Waals surface area contributed by atoms with Gasteiger partial charge in [0, 0.05) is 18.0 Å². The third-order valence-corrected chi connectivity index (χ3v) is 3.69. The van der Waals surface area contributed by atoms with Gasteiger partial charge in [-0.2, -0.15) is 0 Å². The molecule has 0 N–H and O–H groups in total. The van der Waals surface area contributed by atoms with Gasteiger partial charge in [-0.05, 0) is 31.0 Å². The number of hydrogen-bond acceptors (Lipinski definition) is 2. The number of benzene rings is 1. The van der Waals surface area contributed by atoms with Crippen molar-refractivity contribution in [2.45, 2.75) is 32.1 Å². The standard InChI is InChI=1S/C14H20ClNOS/c1-4-10(3)9-16(5-2)14(17)12-8-11(18)6-7-13(12)15/h6-8,10,18H,4-5,9H2,1-3H3. The maximum Gasteiger partial charge on any atom is 0.255 e. The molecule has 2 nitrogen and oxygen atoms in total. The van der Waals surface area contributed by atoms with E-state index >= 15 is 0 Å². The van der Waals surface area contributed by atoms with Crippen molar-refractivity contribution in [3.05, 3.63) is 28.8 Å². The van der Waals surface area contributed by atoms with E-state index in [1.165, 1.54) is 0 Å². The molecule has 1 amide bonds. The van der Waals surface area contributed by atoms with Crippen molar-refractivity contribution in [3.8, 4) is 0 Å². The summed E-state index contributed by atoms with van der Waals surface area (Å²) in [4.78, 5) is 15.0. The molecule has 1 rings (SSSR count). The smallest absolute Gasteiger partial charge is 0.255 e. The van der Waals surface area contributed by atoms with Gasteiger partial charge in [0.15, 0.2) is 0 Å². The molecule has 0 spiro atoms. The molecule has 0 saturated heterocycles. The molecule has 0 bridgehead atoms. The Morgan fingerprint density at radius 1 is 1.44 bits per heavy atom. The quantitative estimate of drug-likeness (QED) is 0.806. The lowest BCUT2D eigenvalue weighted by Crippen LogP contribution is -2.34. The van der Waals surface area contributed by atoms with Gasteiger partial charge in [0.1, 0.15) is 0 Å². The van der Waals surface area contributed by atoms with E-state index in [0.717, 1.165) is 17.9 Å². The Labute approximate surface area is 120 Å². The van der Waals surface area contributed by atoms with Gasteiger partial charge in [-0.25, -0.2) is 0 Å². The van der Waals surface area contributed by atoms with E-state index in [4.69, 9.17) is 11.6 Å². The molecule has 0 aliphatic rings. The van der Waals surface area contributed by atoms with Gasteiger partial charge < -0.3 is 4.90 Å². The first-order valence-electron chi connectivity index (χ1n) is 6.27. The largest absolute Gasteiger partial charge is 0.339 e. The molecule has 0 aliphatic carbocycles. The molecule has 0 fully saturated rings. The van der Waals surface area contributed by atoms with Crippen LogP contribution < -0.4 is 0 Å². The van der Waals surface area contributed by atoms with E-state index < -0.39 is 0 Å². The minimum absolute atomic E-state index is 0.0151. The van der Waals surface area contributed by atoms with E-state index in [-0.39, 0.29) is 5.91 Å². The normalized spacial score (nSPS) is 12.3. The molecule has 0 aliphatic heterocycles. The highest BCUT2D eigenvalue weighted by molar-refractivity contribution is 7.80. The molecule has 0 saturated carbocycles. The summed E-state index contributed by atoms with van der Waals surface area (Å²) in [6.45, 7) is 7.71. The van der Waals surface area contributed by atoms with Crippen molar-refractivity contribution in [2.24, 2.45) is 5.92 Å². The van der Waals surface area contributed by atoms with Crippen molar-refractivity contribution in [3.63, 3.8) is 0 Å². The number of nitrogens with zero attached hydrogens (tertiary/aromatic N) is 1. The van der Waals surface area contributed by atoms with Crippen LogP contribution in [0.4, 0.5) is 0 Å². The Bertz CT molecular complexity index is 422. The first kappa shape index (κ1) is 15.4. The van der Waals surface area contributed by atoms with Gasteiger partial charge in [0.25, 0.3) is 5.91 Å². The monoisotopic (exact) mass is 285 g/mol. The summed E-state index contributed by atoms with van der Waals surface area (Å²) < 4.78 is 0. The van der Waals surface area contributed by atoms with E-state index in [1.54, 1.807) is 18.2 Å². The summed E-state index contributed by atoms with van der Waals surface area (Å²) in [5.41, 5.74) is 0.536. The summed E-state index contributed by atoms with van der Waals surface area (Å²) in [6.07, 6.45) is 1.06. The van der Waals surface area contributed by atoms with Crippen LogP contribution in [0.2, 0.25) is 5.02 Å². The number of carbonyl (C=O) groups is 1. The average molecular weight is 286 g/mol. The minimum atomic E-state index is -0.0151. The lowest BCUT2D eigenvalue weighted by Gasteiger charge is -2.24. The van der Waals surface area contributed by atoms with Crippen LogP contribution in [0.5, 0.6) is 0 Å². The van der Waals surface area contributed by atoms with E-state index in [0.29, 0.717) is 23.0 Å². The summed E-state index contributed by atoms with van der Waals surface area (Å²) in [6, 6.07) is 5.23. The second kappa shape index (κ2) is 7.05. The predicted molar refractivity (Wildman–Crippen MR) is 79.7 cm³/mol. The number of carbonyl (C=O) groups excluding carboxylic acids is 1. The Balaban J connectivity index is 2.92. The SMILES string of the molecule is CCC(C)CN(CC)C(=O)c1cc(S)ccc1Cl. The van der Waals surface area contributed by atoms with Gasteiger partial charge in [-0.3, -0.25) is 4.79 Å². The molecule has 0 radical (unpaired) electrons. The van der Waals surface area contributed by atoms with Gasteiger partial charge >= 0.3 is 0 Å². The molecular weight excluding hydrogens is 266 g/mol. The maximum absolute atomic E-state index is 12.4. The van der Waals surface area contributed by atoms with E-state index in [2.05, 4.69) is 26.5 Å². The fraction of sp³-hybridized carbons (Fsp3) is 0.500. The van der Waals surface area contributed by atoms with Crippen molar-refractivity contribution in [2.75, 3.05) is 13.1 Å². The number of thiol groups is 1. The first-order chi connectivity index (χ1) is 8.49. The zero-order valence-corrected chi connectivity index (χ0v) is 12.8. The molecule has 100 valence electrons. The summed E-state index contributed by atoms with van der Waals surface area (Å²) in [7, 11) is 0. The molecule has 0 aromatic heterocycles. The first-order valence-corrected chi connectivity index (χ1v) is 7.09. The topological polar surface area (TPSA) is 20.3 Å². The third-order valence-electron chi connectivity index (χ3n) is 3.08. The van der Waals surface area contributed by atoms with Crippen molar-refractivity contribution in [1.29, 1.82) is 0 Å². The molecule has 1 unspecified atom stereocenters. The van der Waals surface area contributed by atoms with Crippen LogP contribution in [0.15, 0.2) is 23.1 Å². The number of halogens is 1. The number of amides is 1. The highest BCUT2D eigenvalue weighted by Gasteiger charge is 2.18. The fourth-order valence-electron chi connectivity index (χ4n) is 1.71.